The molecule has 25 heavy (non-hydrogen) atoms. The van der Waals surface area contributed by atoms with Crippen molar-refractivity contribution in [2.75, 3.05) is 5.32 Å². The summed E-state index contributed by atoms with van der Waals surface area (Å²) in [6.07, 6.45) is 1.61. The summed E-state index contributed by atoms with van der Waals surface area (Å²) in [7, 11) is 0. The molecule has 3 aromatic rings. The molecule has 0 aliphatic heterocycles. The molecule has 0 radical (unpaired) electrons. The first kappa shape index (κ1) is 17.4. The third-order valence-corrected chi connectivity index (χ3v) is 4.58. The van der Waals surface area contributed by atoms with Crippen LogP contribution in [0.2, 0.25) is 5.02 Å². The lowest BCUT2D eigenvalue weighted by atomic mass is 10.2. The van der Waals surface area contributed by atoms with E-state index in [4.69, 9.17) is 16.1 Å². The molecule has 0 aliphatic carbocycles. The van der Waals surface area contributed by atoms with Crippen molar-refractivity contribution in [3.05, 3.63) is 70.5 Å². The van der Waals surface area contributed by atoms with Crippen molar-refractivity contribution in [2.24, 2.45) is 0 Å². The Balaban J connectivity index is 1.76. The van der Waals surface area contributed by atoms with Gasteiger partial charge in [-0.15, -0.1) is 0 Å². The molecule has 0 bridgehead atoms. The predicted octanol–water partition coefficient (Wildman–Crippen LogP) is 4.72. The Hall–Kier alpha value is -2.38. The SMILES string of the molecule is Cc1cc(CSc2ncccc2C(=O)Nc2ccc(F)cc2Cl)no1. The zero-order chi connectivity index (χ0) is 17.8. The number of aryl methyl sites for hydroxylation is 1. The zero-order valence-corrected chi connectivity index (χ0v) is 14.7. The van der Waals surface area contributed by atoms with Crippen molar-refractivity contribution in [1.29, 1.82) is 0 Å². The molecule has 2 heterocycles. The van der Waals surface area contributed by atoms with Crippen LogP contribution in [0.1, 0.15) is 21.8 Å². The molecular weight excluding hydrogens is 365 g/mol. The zero-order valence-electron chi connectivity index (χ0n) is 13.1. The number of carbonyl (C=O) groups excluding carboxylic acids is 1. The van der Waals surface area contributed by atoms with Crippen LogP contribution in [0.4, 0.5) is 10.1 Å². The summed E-state index contributed by atoms with van der Waals surface area (Å²) in [5.41, 5.74) is 1.49. The number of halogens is 2. The fourth-order valence-corrected chi connectivity index (χ4v) is 3.17. The lowest BCUT2D eigenvalue weighted by Gasteiger charge is -2.10. The molecular formula is C17H13ClFN3O2S. The number of aromatic nitrogens is 2. The van der Waals surface area contributed by atoms with E-state index in [0.717, 1.165) is 17.5 Å². The van der Waals surface area contributed by atoms with Crippen molar-refractivity contribution < 1.29 is 13.7 Å². The number of pyridine rings is 1. The third kappa shape index (κ3) is 4.37. The molecule has 8 heteroatoms. The largest absolute Gasteiger partial charge is 0.361 e. The number of rotatable bonds is 5. The van der Waals surface area contributed by atoms with Crippen LogP contribution in [-0.2, 0) is 5.75 Å². The van der Waals surface area contributed by atoms with Gasteiger partial charge in [0, 0.05) is 18.0 Å². The number of anilines is 1. The van der Waals surface area contributed by atoms with Crippen LogP contribution in [0, 0.1) is 12.7 Å². The number of benzene rings is 1. The van der Waals surface area contributed by atoms with Crippen LogP contribution < -0.4 is 5.32 Å². The maximum atomic E-state index is 13.1. The summed E-state index contributed by atoms with van der Waals surface area (Å²) >= 11 is 7.32. The van der Waals surface area contributed by atoms with E-state index in [0.29, 0.717) is 22.0 Å². The second kappa shape index (κ2) is 7.67. The molecule has 0 fully saturated rings. The first-order valence-electron chi connectivity index (χ1n) is 7.29. The Bertz CT molecular complexity index is 916. The van der Waals surface area contributed by atoms with Crippen molar-refractivity contribution in [1.82, 2.24) is 10.1 Å². The molecule has 0 saturated carbocycles. The predicted molar refractivity (Wildman–Crippen MR) is 94.4 cm³/mol. The first-order chi connectivity index (χ1) is 12.0. The van der Waals surface area contributed by atoms with E-state index in [2.05, 4.69) is 15.5 Å². The molecule has 0 atom stereocenters. The van der Waals surface area contributed by atoms with Gasteiger partial charge in [0.2, 0.25) is 0 Å². The van der Waals surface area contributed by atoms with E-state index in [9.17, 15) is 9.18 Å². The molecule has 2 aromatic heterocycles. The van der Waals surface area contributed by atoms with Gasteiger partial charge in [0.1, 0.15) is 16.6 Å². The summed E-state index contributed by atoms with van der Waals surface area (Å²) in [5.74, 6) is 0.399. The monoisotopic (exact) mass is 377 g/mol. The summed E-state index contributed by atoms with van der Waals surface area (Å²) in [6.45, 7) is 1.81. The van der Waals surface area contributed by atoms with E-state index in [1.807, 2.05) is 13.0 Å². The average Bonchev–Trinajstić information content (AvgIpc) is 3.01. The number of carbonyl (C=O) groups is 1. The second-order valence-electron chi connectivity index (χ2n) is 5.15. The quantitative estimate of drug-likeness (QED) is 0.652. The van der Waals surface area contributed by atoms with Crippen LogP contribution in [0.15, 0.2) is 52.1 Å². The summed E-state index contributed by atoms with van der Waals surface area (Å²) < 4.78 is 18.1. The van der Waals surface area contributed by atoms with Gasteiger partial charge in [-0.25, -0.2) is 9.37 Å². The number of hydrogen-bond acceptors (Lipinski definition) is 5. The highest BCUT2D eigenvalue weighted by atomic mass is 35.5. The Morgan fingerprint density at radius 3 is 2.92 bits per heavy atom. The van der Waals surface area contributed by atoms with Gasteiger partial charge in [-0.2, -0.15) is 0 Å². The van der Waals surface area contributed by atoms with Gasteiger partial charge in [-0.3, -0.25) is 4.79 Å². The molecule has 1 amide bonds. The highest BCUT2D eigenvalue weighted by Gasteiger charge is 2.15. The van der Waals surface area contributed by atoms with Crippen molar-refractivity contribution in [2.45, 2.75) is 17.7 Å². The lowest BCUT2D eigenvalue weighted by Crippen LogP contribution is -2.14. The average molecular weight is 378 g/mol. The molecule has 0 spiro atoms. The van der Waals surface area contributed by atoms with Gasteiger partial charge >= 0.3 is 0 Å². The van der Waals surface area contributed by atoms with Gasteiger partial charge in [-0.05, 0) is 37.3 Å². The Labute approximate surface area is 152 Å². The maximum Gasteiger partial charge on any atom is 0.258 e. The summed E-state index contributed by atoms with van der Waals surface area (Å²) in [4.78, 5) is 16.8. The van der Waals surface area contributed by atoms with Crippen LogP contribution in [0.3, 0.4) is 0 Å². The second-order valence-corrected chi connectivity index (χ2v) is 6.52. The smallest absolute Gasteiger partial charge is 0.258 e. The van der Waals surface area contributed by atoms with Gasteiger partial charge in [-0.1, -0.05) is 28.5 Å². The van der Waals surface area contributed by atoms with Crippen LogP contribution >= 0.6 is 23.4 Å². The number of amides is 1. The molecule has 5 nitrogen and oxygen atoms in total. The molecule has 1 N–H and O–H groups in total. The third-order valence-electron chi connectivity index (χ3n) is 3.23. The highest BCUT2D eigenvalue weighted by molar-refractivity contribution is 7.98. The number of nitrogens with one attached hydrogen (secondary N) is 1. The Morgan fingerprint density at radius 1 is 1.36 bits per heavy atom. The summed E-state index contributed by atoms with van der Waals surface area (Å²) in [5, 5.41) is 7.27. The minimum absolute atomic E-state index is 0.129. The molecule has 128 valence electrons. The standard InChI is InChI=1S/C17H13ClFN3O2S/c1-10-7-12(22-24-10)9-25-17-13(3-2-6-20-17)16(23)21-15-5-4-11(19)8-14(15)18/h2-8H,9H2,1H3,(H,21,23). The number of hydrogen-bond donors (Lipinski definition) is 1. The molecule has 0 aliphatic rings. The fourth-order valence-electron chi connectivity index (χ4n) is 2.09. The number of nitrogens with zero attached hydrogens (tertiary/aromatic N) is 2. The normalized spacial score (nSPS) is 10.7. The topological polar surface area (TPSA) is 68.0 Å². The Morgan fingerprint density at radius 2 is 2.20 bits per heavy atom. The van der Waals surface area contributed by atoms with Gasteiger partial charge < -0.3 is 9.84 Å². The van der Waals surface area contributed by atoms with Crippen molar-refractivity contribution in [3.8, 4) is 0 Å². The maximum absolute atomic E-state index is 13.1. The molecule has 1 aromatic carbocycles. The van der Waals surface area contributed by atoms with Crippen LogP contribution in [0.5, 0.6) is 0 Å². The summed E-state index contributed by atoms with van der Waals surface area (Å²) in [6, 6.07) is 8.95. The van der Waals surface area contributed by atoms with Gasteiger partial charge in [0.15, 0.2) is 0 Å². The number of thioether (sulfide) groups is 1. The van der Waals surface area contributed by atoms with Crippen molar-refractivity contribution >= 4 is 35.0 Å². The van der Waals surface area contributed by atoms with E-state index < -0.39 is 5.82 Å². The molecule has 0 unspecified atom stereocenters. The van der Waals surface area contributed by atoms with Crippen molar-refractivity contribution in [3.63, 3.8) is 0 Å². The van der Waals surface area contributed by atoms with Gasteiger partial charge in [0.05, 0.1) is 22.0 Å². The van der Waals surface area contributed by atoms with E-state index in [1.165, 1.54) is 23.9 Å². The highest BCUT2D eigenvalue weighted by Crippen LogP contribution is 2.27. The van der Waals surface area contributed by atoms with E-state index >= 15 is 0 Å². The first-order valence-corrected chi connectivity index (χ1v) is 8.65. The van der Waals surface area contributed by atoms with E-state index in [-0.39, 0.29) is 10.9 Å². The molecule has 0 saturated heterocycles. The van der Waals surface area contributed by atoms with Gasteiger partial charge in [0.25, 0.3) is 5.91 Å². The minimum Gasteiger partial charge on any atom is -0.361 e. The van der Waals surface area contributed by atoms with E-state index in [1.54, 1.807) is 18.3 Å². The lowest BCUT2D eigenvalue weighted by molar-refractivity contribution is 0.102. The minimum atomic E-state index is -0.469. The van der Waals surface area contributed by atoms with Crippen LogP contribution in [0.25, 0.3) is 0 Å². The fraction of sp³-hybridized carbons (Fsp3) is 0.118. The molecule has 3 rings (SSSR count). The Kier molecular flexibility index (Phi) is 5.35. The van der Waals surface area contributed by atoms with Crippen LogP contribution in [-0.4, -0.2) is 16.0 Å².